The predicted octanol–water partition coefficient (Wildman–Crippen LogP) is 4.17. The fourth-order valence-electron chi connectivity index (χ4n) is 3.10. The van der Waals surface area contributed by atoms with Gasteiger partial charge in [-0.15, -0.1) is 0 Å². The molecular weight excluding hydrogens is 381 g/mol. The van der Waals surface area contributed by atoms with E-state index in [-0.39, 0.29) is 11.8 Å². The minimum Gasteiger partial charge on any atom is -0.494 e. The number of hydrogen-bond acceptors (Lipinski definition) is 3. The molecular formula is C21H25ClFN3O2. The average Bonchev–Trinajstić information content (AvgIpc) is 2.72. The third-order valence-corrected chi connectivity index (χ3v) is 4.91. The van der Waals surface area contributed by atoms with Gasteiger partial charge in [0.05, 0.1) is 6.61 Å². The summed E-state index contributed by atoms with van der Waals surface area (Å²) in [5.41, 5.74) is 1.09. The molecule has 3 rings (SSSR count). The van der Waals surface area contributed by atoms with Crippen LogP contribution in [0, 0.1) is 5.82 Å². The fourth-order valence-corrected chi connectivity index (χ4v) is 3.28. The standard InChI is InChI=1S/C21H25ClFN3O2/c22-17-4-3-5-19(16-17)25-11-13-26(14-12-25)21(27)24-10-1-2-15-28-20-8-6-18(23)7-9-20/h3-9,16H,1-2,10-15H2,(H,24,27). The molecule has 0 atom stereocenters. The Morgan fingerprint density at radius 2 is 1.82 bits per heavy atom. The molecule has 1 fully saturated rings. The lowest BCUT2D eigenvalue weighted by molar-refractivity contribution is 0.194. The summed E-state index contributed by atoms with van der Waals surface area (Å²) in [5, 5.41) is 3.69. The van der Waals surface area contributed by atoms with E-state index in [1.54, 1.807) is 12.1 Å². The number of piperazine rings is 1. The molecule has 0 aliphatic carbocycles. The van der Waals surface area contributed by atoms with Crippen LogP contribution in [0.1, 0.15) is 12.8 Å². The molecule has 5 nitrogen and oxygen atoms in total. The van der Waals surface area contributed by atoms with Crippen LogP contribution in [-0.2, 0) is 0 Å². The SMILES string of the molecule is O=C(NCCCCOc1ccc(F)cc1)N1CCN(c2cccc(Cl)c2)CC1. The van der Waals surface area contributed by atoms with Crippen LogP contribution in [0.3, 0.4) is 0 Å². The van der Waals surface area contributed by atoms with Crippen molar-refractivity contribution in [2.75, 3.05) is 44.2 Å². The first-order valence-corrected chi connectivity index (χ1v) is 9.91. The van der Waals surface area contributed by atoms with Crippen LogP contribution in [0.2, 0.25) is 5.02 Å². The van der Waals surface area contributed by atoms with E-state index in [1.165, 1.54) is 12.1 Å². The lowest BCUT2D eigenvalue weighted by Crippen LogP contribution is -2.52. The Labute approximate surface area is 170 Å². The van der Waals surface area contributed by atoms with E-state index in [4.69, 9.17) is 16.3 Å². The highest BCUT2D eigenvalue weighted by Gasteiger charge is 2.21. The Morgan fingerprint density at radius 1 is 1.07 bits per heavy atom. The molecule has 1 aliphatic heterocycles. The molecule has 0 unspecified atom stereocenters. The van der Waals surface area contributed by atoms with Gasteiger partial charge in [0.1, 0.15) is 11.6 Å². The second kappa shape index (κ2) is 10.2. The van der Waals surface area contributed by atoms with Gasteiger partial charge in [0, 0.05) is 43.4 Å². The van der Waals surface area contributed by atoms with Gasteiger partial charge < -0.3 is 19.9 Å². The Bertz CT molecular complexity index is 765. The summed E-state index contributed by atoms with van der Waals surface area (Å²) in [5.74, 6) is 0.381. The summed E-state index contributed by atoms with van der Waals surface area (Å²) in [7, 11) is 0. The first-order valence-electron chi connectivity index (χ1n) is 9.53. The number of halogens is 2. The number of benzene rings is 2. The topological polar surface area (TPSA) is 44.8 Å². The molecule has 0 saturated carbocycles. The van der Waals surface area contributed by atoms with E-state index in [0.29, 0.717) is 32.0 Å². The lowest BCUT2D eigenvalue weighted by Gasteiger charge is -2.36. The van der Waals surface area contributed by atoms with Gasteiger partial charge in [-0.05, 0) is 55.3 Å². The summed E-state index contributed by atoms with van der Waals surface area (Å²) in [6.45, 7) is 4.11. The molecule has 2 aromatic rings. The molecule has 28 heavy (non-hydrogen) atoms. The Morgan fingerprint density at radius 3 is 2.54 bits per heavy atom. The minimum absolute atomic E-state index is 0.0230. The van der Waals surface area contributed by atoms with Gasteiger partial charge in [0.15, 0.2) is 0 Å². The van der Waals surface area contributed by atoms with Crippen LogP contribution < -0.4 is 15.0 Å². The van der Waals surface area contributed by atoms with Gasteiger partial charge in [-0.1, -0.05) is 17.7 Å². The van der Waals surface area contributed by atoms with Crippen LogP contribution in [0.25, 0.3) is 0 Å². The molecule has 2 aromatic carbocycles. The van der Waals surface area contributed by atoms with Crippen molar-refractivity contribution in [2.45, 2.75) is 12.8 Å². The van der Waals surface area contributed by atoms with Crippen LogP contribution >= 0.6 is 11.6 Å². The van der Waals surface area contributed by atoms with Crippen molar-refractivity contribution in [1.29, 1.82) is 0 Å². The Hall–Kier alpha value is -2.47. The molecule has 1 aliphatic rings. The van der Waals surface area contributed by atoms with Gasteiger partial charge in [-0.2, -0.15) is 0 Å². The zero-order valence-electron chi connectivity index (χ0n) is 15.7. The summed E-state index contributed by atoms with van der Waals surface area (Å²) < 4.78 is 18.4. The van der Waals surface area contributed by atoms with Crippen molar-refractivity contribution >= 4 is 23.3 Å². The van der Waals surface area contributed by atoms with Crippen molar-refractivity contribution in [3.8, 4) is 5.75 Å². The molecule has 2 amide bonds. The predicted molar refractivity (Wildman–Crippen MR) is 110 cm³/mol. The number of amides is 2. The van der Waals surface area contributed by atoms with Gasteiger partial charge in [0.2, 0.25) is 0 Å². The summed E-state index contributed by atoms with van der Waals surface area (Å²) in [4.78, 5) is 16.4. The smallest absolute Gasteiger partial charge is 0.317 e. The number of anilines is 1. The minimum atomic E-state index is -0.275. The summed E-state index contributed by atoms with van der Waals surface area (Å²) >= 11 is 6.05. The Balaban J connectivity index is 1.29. The Kier molecular flexibility index (Phi) is 7.37. The van der Waals surface area contributed by atoms with Crippen molar-refractivity contribution in [1.82, 2.24) is 10.2 Å². The molecule has 1 N–H and O–H groups in total. The quantitative estimate of drug-likeness (QED) is 0.703. The first-order chi connectivity index (χ1) is 13.6. The molecule has 0 bridgehead atoms. The van der Waals surface area contributed by atoms with Crippen LogP contribution in [0.4, 0.5) is 14.9 Å². The molecule has 1 heterocycles. The number of carbonyl (C=O) groups excluding carboxylic acids is 1. The van der Waals surface area contributed by atoms with E-state index in [9.17, 15) is 9.18 Å². The number of carbonyl (C=O) groups is 1. The van der Waals surface area contributed by atoms with Gasteiger partial charge >= 0.3 is 6.03 Å². The summed E-state index contributed by atoms with van der Waals surface area (Å²) in [6, 6.07) is 13.7. The van der Waals surface area contributed by atoms with E-state index >= 15 is 0 Å². The third kappa shape index (κ3) is 6.02. The van der Waals surface area contributed by atoms with Crippen molar-refractivity contribution in [3.63, 3.8) is 0 Å². The molecule has 0 radical (unpaired) electrons. The maximum absolute atomic E-state index is 12.8. The van der Waals surface area contributed by atoms with E-state index < -0.39 is 0 Å². The number of unbranched alkanes of at least 4 members (excludes halogenated alkanes) is 1. The number of nitrogens with zero attached hydrogens (tertiary/aromatic N) is 2. The van der Waals surface area contributed by atoms with Crippen LogP contribution in [-0.4, -0.2) is 50.3 Å². The maximum atomic E-state index is 12.8. The highest BCUT2D eigenvalue weighted by molar-refractivity contribution is 6.30. The third-order valence-electron chi connectivity index (χ3n) is 4.67. The molecule has 1 saturated heterocycles. The molecule has 7 heteroatoms. The lowest BCUT2D eigenvalue weighted by atomic mass is 10.2. The highest BCUT2D eigenvalue weighted by Crippen LogP contribution is 2.20. The van der Waals surface area contributed by atoms with Crippen molar-refractivity contribution in [2.24, 2.45) is 0 Å². The van der Waals surface area contributed by atoms with Crippen molar-refractivity contribution in [3.05, 3.63) is 59.4 Å². The second-order valence-corrected chi connectivity index (χ2v) is 7.13. The van der Waals surface area contributed by atoms with E-state index in [2.05, 4.69) is 10.2 Å². The molecule has 150 valence electrons. The number of urea groups is 1. The molecule has 0 spiro atoms. The van der Waals surface area contributed by atoms with Crippen LogP contribution in [0.5, 0.6) is 5.75 Å². The zero-order valence-corrected chi connectivity index (χ0v) is 16.5. The monoisotopic (exact) mass is 405 g/mol. The van der Waals surface area contributed by atoms with E-state index in [1.807, 2.05) is 29.2 Å². The number of ether oxygens (including phenoxy) is 1. The average molecular weight is 406 g/mol. The maximum Gasteiger partial charge on any atom is 0.317 e. The summed E-state index contributed by atoms with van der Waals surface area (Å²) in [6.07, 6.45) is 1.65. The first kappa shape index (κ1) is 20.3. The van der Waals surface area contributed by atoms with Gasteiger partial charge in [0.25, 0.3) is 0 Å². The van der Waals surface area contributed by atoms with Gasteiger partial charge in [-0.25, -0.2) is 9.18 Å². The zero-order chi connectivity index (χ0) is 19.8. The largest absolute Gasteiger partial charge is 0.494 e. The molecule has 0 aromatic heterocycles. The van der Waals surface area contributed by atoms with Gasteiger partial charge in [-0.3, -0.25) is 0 Å². The van der Waals surface area contributed by atoms with Crippen molar-refractivity contribution < 1.29 is 13.9 Å². The highest BCUT2D eigenvalue weighted by atomic mass is 35.5. The fraction of sp³-hybridized carbons (Fsp3) is 0.381. The van der Waals surface area contributed by atoms with Crippen LogP contribution in [0.15, 0.2) is 48.5 Å². The number of rotatable bonds is 7. The van der Waals surface area contributed by atoms with E-state index in [0.717, 1.165) is 36.6 Å². The number of nitrogens with one attached hydrogen (secondary N) is 1. The second-order valence-electron chi connectivity index (χ2n) is 6.70. The number of hydrogen-bond donors (Lipinski definition) is 1. The normalized spacial score (nSPS) is 14.1.